The van der Waals surface area contributed by atoms with Crippen molar-refractivity contribution in [2.75, 3.05) is 33.0 Å². The zero-order valence-electron chi connectivity index (χ0n) is 13.7. The maximum absolute atomic E-state index is 9.03. The second-order valence-corrected chi connectivity index (χ2v) is 6.79. The lowest BCUT2D eigenvalue weighted by Gasteiger charge is -2.28. The summed E-state index contributed by atoms with van der Waals surface area (Å²) in [6, 6.07) is 0. The van der Waals surface area contributed by atoms with Crippen LogP contribution in [0.1, 0.15) is 51.9 Å². The molecule has 2 aliphatic heterocycles. The standard InChI is InChI=1S/C9H16O2.C8H14O3/c1-2-8-4-3-5-9(8)10-6-7-11-9;9-6-7-2-1-3-8(7)10-4-5-11-8/h8H,2-7H2,1H3;7,9H,1-6H2. The quantitative estimate of drug-likeness (QED) is 0.848. The van der Waals surface area contributed by atoms with Gasteiger partial charge in [-0.1, -0.05) is 6.92 Å². The van der Waals surface area contributed by atoms with Gasteiger partial charge in [0.2, 0.25) is 0 Å². The van der Waals surface area contributed by atoms with Crippen LogP contribution in [0, 0.1) is 11.8 Å². The monoisotopic (exact) mass is 314 g/mol. The minimum atomic E-state index is -0.394. The topological polar surface area (TPSA) is 57.2 Å². The number of aliphatic hydroxyl groups excluding tert-OH is 1. The summed E-state index contributed by atoms with van der Waals surface area (Å²) in [7, 11) is 0. The van der Waals surface area contributed by atoms with E-state index in [4.69, 9.17) is 24.1 Å². The summed E-state index contributed by atoms with van der Waals surface area (Å²) in [4.78, 5) is 0. The lowest BCUT2D eigenvalue weighted by molar-refractivity contribution is -0.188. The van der Waals surface area contributed by atoms with Crippen molar-refractivity contribution in [2.24, 2.45) is 11.8 Å². The van der Waals surface area contributed by atoms with Crippen LogP contribution in [0.3, 0.4) is 0 Å². The Balaban J connectivity index is 0.000000131. The fourth-order valence-electron chi connectivity index (χ4n) is 4.48. The van der Waals surface area contributed by atoms with Crippen molar-refractivity contribution in [1.82, 2.24) is 0 Å². The summed E-state index contributed by atoms with van der Waals surface area (Å²) in [5.74, 6) is 0.332. The largest absolute Gasteiger partial charge is 0.396 e. The molecule has 2 saturated carbocycles. The molecule has 4 aliphatic rings. The van der Waals surface area contributed by atoms with Crippen molar-refractivity contribution >= 4 is 0 Å². The fraction of sp³-hybridized carbons (Fsp3) is 1.00. The first-order valence-electron chi connectivity index (χ1n) is 8.91. The first-order valence-corrected chi connectivity index (χ1v) is 8.91. The molecule has 1 N–H and O–H groups in total. The third kappa shape index (κ3) is 3.06. The number of hydrogen-bond acceptors (Lipinski definition) is 5. The molecule has 4 fully saturated rings. The average molecular weight is 314 g/mol. The van der Waals surface area contributed by atoms with Crippen molar-refractivity contribution in [1.29, 1.82) is 0 Å². The third-order valence-electron chi connectivity index (χ3n) is 5.67. The molecule has 5 heteroatoms. The summed E-state index contributed by atoms with van der Waals surface area (Å²) in [5, 5.41) is 9.03. The molecule has 0 aromatic heterocycles. The highest BCUT2D eigenvalue weighted by Gasteiger charge is 2.47. The van der Waals surface area contributed by atoms with Gasteiger partial charge in [-0.2, -0.15) is 0 Å². The highest BCUT2D eigenvalue weighted by molar-refractivity contribution is 4.89. The number of hydrogen-bond donors (Lipinski definition) is 1. The molecule has 2 spiro atoms. The molecular weight excluding hydrogens is 284 g/mol. The summed E-state index contributed by atoms with van der Waals surface area (Å²) in [5.41, 5.74) is 0. The first-order chi connectivity index (χ1) is 10.7. The Kier molecular flexibility index (Phi) is 5.40. The first kappa shape index (κ1) is 16.7. The molecule has 22 heavy (non-hydrogen) atoms. The van der Waals surface area contributed by atoms with Crippen LogP contribution in [-0.2, 0) is 18.9 Å². The Morgan fingerprint density at radius 3 is 1.73 bits per heavy atom. The fourth-order valence-corrected chi connectivity index (χ4v) is 4.48. The molecule has 5 nitrogen and oxygen atoms in total. The summed E-state index contributed by atoms with van der Waals surface area (Å²) in [6.07, 6.45) is 7.99. The lowest BCUT2D eigenvalue weighted by Crippen LogP contribution is -2.36. The van der Waals surface area contributed by atoms with Gasteiger partial charge in [0.25, 0.3) is 0 Å². The molecule has 4 rings (SSSR count). The van der Waals surface area contributed by atoms with E-state index >= 15 is 0 Å². The average Bonchev–Trinajstić information content (AvgIpc) is 3.32. The van der Waals surface area contributed by atoms with Gasteiger partial charge in [0.1, 0.15) is 0 Å². The van der Waals surface area contributed by atoms with Gasteiger partial charge in [-0.3, -0.25) is 0 Å². The summed E-state index contributed by atoms with van der Waals surface area (Å²) < 4.78 is 22.4. The van der Waals surface area contributed by atoms with E-state index in [1.807, 2.05) is 0 Å². The van der Waals surface area contributed by atoms with Crippen molar-refractivity contribution in [3.05, 3.63) is 0 Å². The van der Waals surface area contributed by atoms with Gasteiger partial charge in [-0.05, 0) is 32.1 Å². The third-order valence-corrected chi connectivity index (χ3v) is 5.67. The summed E-state index contributed by atoms with van der Waals surface area (Å²) >= 11 is 0. The predicted octanol–water partition coefficient (Wildman–Crippen LogP) is 2.46. The molecule has 2 heterocycles. The second-order valence-electron chi connectivity index (χ2n) is 6.79. The molecule has 128 valence electrons. The van der Waals surface area contributed by atoms with Crippen molar-refractivity contribution in [3.63, 3.8) is 0 Å². The molecule has 2 atom stereocenters. The van der Waals surface area contributed by atoms with E-state index in [9.17, 15) is 0 Å². The molecule has 0 amide bonds. The van der Waals surface area contributed by atoms with Crippen molar-refractivity contribution < 1.29 is 24.1 Å². The van der Waals surface area contributed by atoms with E-state index in [2.05, 4.69) is 6.92 Å². The van der Waals surface area contributed by atoms with Crippen LogP contribution in [0.4, 0.5) is 0 Å². The molecule has 2 saturated heterocycles. The zero-order chi connectivity index (χ0) is 15.5. The molecule has 0 aromatic rings. The van der Waals surface area contributed by atoms with Crippen LogP contribution in [0.15, 0.2) is 0 Å². The van der Waals surface area contributed by atoms with E-state index in [-0.39, 0.29) is 18.3 Å². The van der Waals surface area contributed by atoms with E-state index in [1.54, 1.807) is 0 Å². The Bertz CT molecular complexity index is 302. The van der Waals surface area contributed by atoms with Crippen molar-refractivity contribution in [2.45, 2.75) is 63.4 Å². The van der Waals surface area contributed by atoms with Gasteiger partial charge >= 0.3 is 0 Å². The highest BCUT2D eigenvalue weighted by atomic mass is 16.7. The molecular formula is C17H30O5. The minimum Gasteiger partial charge on any atom is -0.396 e. The van der Waals surface area contributed by atoms with Crippen LogP contribution >= 0.6 is 0 Å². The Labute approximate surface area is 133 Å². The van der Waals surface area contributed by atoms with Gasteiger partial charge in [-0.25, -0.2) is 0 Å². The second kappa shape index (κ2) is 7.14. The number of ether oxygens (including phenoxy) is 4. The molecule has 0 aromatic carbocycles. The van der Waals surface area contributed by atoms with Crippen LogP contribution in [0.25, 0.3) is 0 Å². The maximum Gasteiger partial charge on any atom is 0.173 e. The van der Waals surface area contributed by atoms with E-state index in [1.165, 1.54) is 19.3 Å². The Hall–Kier alpha value is -0.200. The van der Waals surface area contributed by atoms with Gasteiger partial charge in [0, 0.05) is 24.7 Å². The molecule has 2 unspecified atom stereocenters. The number of aliphatic hydroxyl groups is 1. The van der Waals surface area contributed by atoms with Crippen molar-refractivity contribution in [3.8, 4) is 0 Å². The van der Waals surface area contributed by atoms with Crippen LogP contribution in [-0.4, -0.2) is 49.7 Å². The van der Waals surface area contributed by atoms with Crippen LogP contribution in [0.2, 0.25) is 0 Å². The van der Waals surface area contributed by atoms with Gasteiger partial charge in [0.15, 0.2) is 11.6 Å². The van der Waals surface area contributed by atoms with E-state index < -0.39 is 5.79 Å². The smallest absolute Gasteiger partial charge is 0.173 e. The Morgan fingerprint density at radius 1 is 0.818 bits per heavy atom. The highest BCUT2D eigenvalue weighted by Crippen LogP contribution is 2.43. The SMILES string of the molecule is CCC1CCCC12OCCO2.OCC1CCCC12OCCO2. The maximum atomic E-state index is 9.03. The minimum absolute atomic E-state index is 0.144. The number of rotatable bonds is 2. The Morgan fingerprint density at radius 2 is 1.27 bits per heavy atom. The molecule has 0 bridgehead atoms. The normalized spacial score (nSPS) is 35.2. The zero-order valence-corrected chi connectivity index (χ0v) is 13.7. The molecule has 2 aliphatic carbocycles. The van der Waals surface area contributed by atoms with Gasteiger partial charge in [0.05, 0.1) is 33.0 Å². The van der Waals surface area contributed by atoms with E-state index in [0.717, 1.165) is 38.9 Å². The predicted molar refractivity (Wildman–Crippen MR) is 81.3 cm³/mol. The molecule has 0 radical (unpaired) electrons. The van der Waals surface area contributed by atoms with E-state index in [0.29, 0.717) is 19.1 Å². The van der Waals surface area contributed by atoms with Gasteiger partial charge in [-0.15, -0.1) is 0 Å². The van der Waals surface area contributed by atoms with Crippen LogP contribution < -0.4 is 0 Å². The lowest BCUT2D eigenvalue weighted by atomic mass is 10.00. The van der Waals surface area contributed by atoms with Crippen LogP contribution in [0.5, 0.6) is 0 Å². The van der Waals surface area contributed by atoms with Gasteiger partial charge < -0.3 is 24.1 Å². The summed E-state index contributed by atoms with van der Waals surface area (Å²) in [6.45, 7) is 5.41.